The number of carbonyl (C=O) groups excluding carboxylic acids is 2. The first-order valence-corrected chi connectivity index (χ1v) is 6.99. The smallest absolute Gasteiger partial charge is 0.307 e. The molecule has 5 heteroatoms. The second-order valence-corrected chi connectivity index (χ2v) is 5.76. The minimum atomic E-state index is -0.894. The van der Waals surface area contributed by atoms with Crippen LogP contribution in [0.1, 0.15) is 30.1 Å². The summed E-state index contributed by atoms with van der Waals surface area (Å²) in [7, 11) is 1.63. The van der Waals surface area contributed by atoms with Crippen molar-refractivity contribution in [2.24, 2.45) is 17.8 Å². The van der Waals surface area contributed by atoms with E-state index in [2.05, 4.69) is 0 Å². The number of benzene rings is 1. The molecule has 1 aromatic rings. The number of aliphatic carboxylic acids is 1. The van der Waals surface area contributed by atoms with Crippen LogP contribution in [0.3, 0.4) is 0 Å². The molecule has 1 fully saturated rings. The molecule has 0 heterocycles. The lowest BCUT2D eigenvalue weighted by atomic mass is 9.88. The molecular weight excluding hydrogens is 270 g/mol. The van der Waals surface area contributed by atoms with Gasteiger partial charge in [0, 0.05) is 24.2 Å². The van der Waals surface area contributed by atoms with Crippen LogP contribution >= 0.6 is 0 Å². The van der Waals surface area contributed by atoms with Gasteiger partial charge in [-0.1, -0.05) is 6.92 Å². The van der Waals surface area contributed by atoms with E-state index in [0.717, 1.165) is 0 Å². The van der Waals surface area contributed by atoms with E-state index in [1.165, 1.54) is 4.90 Å². The largest absolute Gasteiger partial charge is 0.481 e. The number of anilines is 1. The van der Waals surface area contributed by atoms with Gasteiger partial charge in [-0.3, -0.25) is 14.4 Å². The van der Waals surface area contributed by atoms with Crippen LogP contribution in [0.5, 0.6) is 0 Å². The molecule has 0 aromatic heterocycles. The number of carboxylic acids is 1. The molecule has 1 aromatic carbocycles. The first-order valence-electron chi connectivity index (χ1n) is 6.99. The lowest BCUT2D eigenvalue weighted by molar-refractivity contribution is -0.142. The normalized spacial score (nSPS) is 24.6. The molecule has 0 saturated heterocycles. The zero-order valence-corrected chi connectivity index (χ0v) is 12.2. The molecule has 3 unspecified atom stereocenters. The van der Waals surface area contributed by atoms with Gasteiger partial charge >= 0.3 is 5.97 Å². The molecule has 2 rings (SSSR count). The van der Waals surface area contributed by atoms with Gasteiger partial charge in [-0.2, -0.15) is 0 Å². The molecule has 0 spiro atoms. The van der Waals surface area contributed by atoms with E-state index in [9.17, 15) is 19.5 Å². The summed E-state index contributed by atoms with van der Waals surface area (Å²) in [5.74, 6) is -1.81. The Bertz CT molecular complexity index is 552. The topological polar surface area (TPSA) is 74.7 Å². The summed E-state index contributed by atoms with van der Waals surface area (Å²) >= 11 is 0. The molecule has 3 atom stereocenters. The highest BCUT2D eigenvalue weighted by Gasteiger charge is 2.41. The van der Waals surface area contributed by atoms with Gasteiger partial charge in [0.05, 0.1) is 5.92 Å². The lowest BCUT2D eigenvalue weighted by Crippen LogP contribution is -2.25. The molecule has 0 radical (unpaired) electrons. The Kier molecular flexibility index (Phi) is 4.40. The molecule has 1 amide bonds. The Balaban J connectivity index is 2.19. The third-order valence-corrected chi connectivity index (χ3v) is 4.17. The molecule has 1 aliphatic rings. The van der Waals surface area contributed by atoms with Crippen LogP contribution in [0.2, 0.25) is 0 Å². The van der Waals surface area contributed by atoms with Crippen LogP contribution < -0.4 is 4.90 Å². The average molecular weight is 289 g/mol. The zero-order chi connectivity index (χ0) is 15.6. The molecule has 1 N–H and O–H groups in total. The fourth-order valence-corrected chi connectivity index (χ4v) is 2.99. The van der Waals surface area contributed by atoms with Crippen molar-refractivity contribution < 1.29 is 19.5 Å². The second kappa shape index (κ2) is 6.08. The fraction of sp³-hybridized carbons (Fsp3) is 0.438. The van der Waals surface area contributed by atoms with Crippen molar-refractivity contribution in [1.29, 1.82) is 0 Å². The van der Waals surface area contributed by atoms with Crippen LogP contribution in [0.25, 0.3) is 0 Å². The van der Waals surface area contributed by atoms with Crippen molar-refractivity contribution in [2.75, 3.05) is 11.9 Å². The number of amides is 1. The van der Waals surface area contributed by atoms with Crippen LogP contribution in [0.4, 0.5) is 5.69 Å². The maximum atomic E-state index is 12.5. The van der Waals surface area contributed by atoms with Gasteiger partial charge in [0.1, 0.15) is 0 Å². The lowest BCUT2D eigenvalue weighted by Gasteiger charge is -2.15. The van der Waals surface area contributed by atoms with Gasteiger partial charge in [-0.25, -0.2) is 0 Å². The van der Waals surface area contributed by atoms with Crippen LogP contribution in [-0.2, 0) is 9.59 Å². The summed E-state index contributed by atoms with van der Waals surface area (Å²) in [5.41, 5.74) is 1.19. The SMILES string of the molecule is CC1CC(C(=O)O)C(C(=O)c2ccc(N(C)C=O)cc2)C1. The van der Waals surface area contributed by atoms with E-state index in [-0.39, 0.29) is 11.7 Å². The van der Waals surface area contributed by atoms with Crippen LogP contribution in [-0.4, -0.2) is 30.3 Å². The third kappa shape index (κ3) is 3.12. The number of hydrogen-bond donors (Lipinski definition) is 1. The highest BCUT2D eigenvalue weighted by atomic mass is 16.4. The van der Waals surface area contributed by atoms with Crippen molar-refractivity contribution >= 4 is 23.9 Å². The molecule has 1 saturated carbocycles. The van der Waals surface area contributed by atoms with Crippen molar-refractivity contribution in [1.82, 2.24) is 0 Å². The first kappa shape index (κ1) is 15.2. The van der Waals surface area contributed by atoms with E-state index in [4.69, 9.17) is 0 Å². The summed E-state index contributed by atoms with van der Waals surface area (Å²) in [4.78, 5) is 35.9. The molecular formula is C16H19NO4. The summed E-state index contributed by atoms with van der Waals surface area (Å²) in [6.45, 7) is 1.98. The van der Waals surface area contributed by atoms with E-state index >= 15 is 0 Å². The molecule has 21 heavy (non-hydrogen) atoms. The van der Waals surface area contributed by atoms with Gasteiger partial charge in [-0.15, -0.1) is 0 Å². The van der Waals surface area contributed by atoms with Crippen LogP contribution in [0.15, 0.2) is 24.3 Å². The number of rotatable bonds is 5. The van der Waals surface area contributed by atoms with Gasteiger partial charge in [0.2, 0.25) is 6.41 Å². The highest BCUT2D eigenvalue weighted by Crippen LogP contribution is 2.38. The standard InChI is InChI=1S/C16H19NO4/c1-10-7-13(14(8-10)16(20)21)15(19)11-3-5-12(6-4-11)17(2)9-18/h3-6,9-10,13-14H,7-8H2,1-2H3,(H,20,21). The quantitative estimate of drug-likeness (QED) is 0.666. The predicted octanol–water partition coefficient (Wildman–Crippen LogP) is 2.21. The molecule has 5 nitrogen and oxygen atoms in total. The number of ketones is 1. The maximum absolute atomic E-state index is 12.5. The van der Waals surface area contributed by atoms with E-state index < -0.39 is 17.8 Å². The predicted molar refractivity (Wildman–Crippen MR) is 78.3 cm³/mol. The Morgan fingerprint density at radius 2 is 1.76 bits per heavy atom. The number of Topliss-reactive ketones (excluding diaryl/α,β-unsaturated/α-hetero) is 1. The number of carbonyl (C=O) groups is 3. The highest BCUT2D eigenvalue weighted by molar-refractivity contribution is 6.00. The van der Waals surface area contributed by atoms with E-state index in [1.54, 1.807) is 31.3 Å². The van der Waals surface area contributed by atoms with Crippen LogP contribution in [0, 0.1) is 17.8 Å². The second-order valence-electron chi connectivity index (χ2n) is 5.76. The van der Waals surface area contributed by atoms with Crippen molar-refractivity contribution in [3.63, 3.8) is 0 Å². The Labute approximate surface area is 123 Å². The number of nitrogens with zero attached hydrogens (tertiary/aromatic N) is 1. The third-order valence-electron chi connectivity index (χ3n) is 4.17. The number of hydrogen-bond acceptors (Lipinski definition) is 3. The van der Waals surface area contributed by atoms with Gasteiger partial charge < -0.3 is 10.0 Å². The van der Waals surface area contributed by atoms with Gasteiger partial charge in [0.25, 0.3) is 0 Å². The van der Waals surface area contributed by atoms with Gasteiger partial charge in [0.15, 0.2) is 5.78 Å². The first-order chi connectivity index (χ1) is 9.93. The monoisotopic (exact) mass is 289 g/mol. The fourth-order valence-electron chi connectivity index (χ4n) is 2.99. The molecule has 0 aliphatic heterocycles. The molecule has 112 valence electrons. The zero-order valence-electron chi connectivity index (χ0n) is 12.2. The van der Waals surface area contributed by atoms with Crippen molar-refractivity contribution in [3.8, 4) is 0 Å². The number of carboxylic acid groups (broad SMARTS) is 1. The summed E-state index contributed by atoms with van der Waals surface area (Å²) in [5, 5.41) is 9.25. The average Bonchev–Trinajstić information content (AvgIpc) is 2.88. The Hall–Kier alpha value is -2.17. The van der Waals surface area contributed by atoms with E-state index in [0.29, 0.717) is 30.5 Å². The minimum absolute atomic E-state index is 0.118. The van der Waals surface area contributed by atoms with E-state index in [1.807, 2.05) is 6.92 Å². The molecule has 1 aliphatic carbocycles. The Morgan fingerprint density at radius 3 is 2.29 bits per heavy atom. The maximum Gasteiger partial charge on any atom is 0.307 e. The summed E-state index contributed by atoms with van der Waals surface area (Å²) in [6.07, 6.45) is 1.86. The Morgan fingerprint density at radius 1 is 1.19 bits per heavy atom. The molecule has 0 bridgehead atoms. The van der Waals surface area contributed by atoms with Crippen molar-refractivity contribution in [2.45, 2.75) is 19.8 Å². The minimum Gasteiger partial charge on any atom is -0.481 e. The van der Waals surface area contributed by atoms with Crippen molar-refractivity contribution in [3.05, 3.63) is 29.8 Å². The van der Waals surface area contributed by atoms with Gasteiger partial charge in [-0.05, 0) is 43.0 Å². The summed E-state index contributed by atoms with van der Waals surface area (Å²) < 4.78 is 0. The summed E-state index contributed by atoms with van der Waals surface area (Å²) in [6, 6.07) is 6.69.